The van der Waals surface area contributed by atoms with E-state index in [1.54, 1.807) is 0 Å². The van der Waals surface area contributed by atoms with Crippen molar-refractivity contribution < 1.29 is 9.53 Å². The minimum Gasteiger partial charge on any atom is -0.490 e. The molecule has 1 heterocycles. The molecule has 0 radical (unpaired) electrons. The normalized spacial score (nSPS) is 31.1. The summed E-state index contributed by atoms with van der Waals surface area (Å²) in [5.41, 5.74) is 7.63. The summed E-state index contributed by atoms with van der Waals surface area (Å²) in [6.45, 7) is 3.74. The van der Waals surface area contributed by atoms with Crippen molar-refractivity contribution in [3.8, 4) is 5.75 Å². The lowest BCUT2D eigenvalue weighted by atomic mass is 9.65. The molecular formula is C22H33ClN2O2. The zero-order valence-electron chi connectivity index (χ0n) is 16.3. The number of aryl methyl sites for hydroxylation is 1. The van der Waals surface area contributed by atoms with Crippen LogP contribution in [0.5, 0.6) is 5.75 Å². The Morgan fingerprint density at radius 1 is 1.04 bits per heavy atom. The van der Waals surface area contributed by atoms with Gasteiger partial charge >= 0.3 is 0 Å². The summed E-state index contributed by atoms with van der Waals surface area (Å²) < 4.78 is 6.10. The van der Waals surface area contributed by atoms with E-state index in [-0.39, 0.29) is 24.4 Å². The van der Waals surface area contributed by atoms with Gasteiger partial charge in [-0.3, -0.25) is 4.79 Å². The van der Waals surface area contributed by atoms with Crippen molar-refractivity contribution in [3.63, 3.8) is 0 Å². The van der Waals surface area contributed by atoms with Crippen LogP contribution in [0.15, 0.2) is 24.3 Å². The fourth-order valence-corrected chi connectivity index (χ4v) is 5.25. The number of hydrogen-bond donors (Lipinski definition) is 1. The molecule has 2 aliphatic carbocycles. The number of benzene rings is 1. The zero-order valence-corrected chi connectivity index (χ0v) is 17.1. The molecule has 2 saturated carbocycles. The number of nitrogens with zero attached hydrogens (tertiary/aromatic N) is 1. The van der Waals surface area contributed by atoms with Crippen molar-refractivity contribution in [1.82, 2.24) is 4.90 Å². The van der Waals surface area contributed by atoms with Crippen LogP contribution in [0.1, 0.15) is 50.5 Å². The highest BCUT2D eigenvalue weighted by Crippen LogP contribution is 2.42. The third kappa shape index (κ3) is 4.60. The Morgan fingerprint density at radius 2 is 1.63 bits per heavy atom. The number of hydrogen-bond acceptors (Lipinski definition) is 3. The fraction of sp³-hybridized carbons (Fsp3) is 0.682. The molecule has 4 rings (SSSR count). The Morgan fingerprint density at radius 3 is 2.22 bits per heavy atom. The topological polar surface area (TPSA) is 55.6 Å². The van der Waals surface area contributed by atoms with Gasteiger partial charge in [0.1, 0.15) is 11.9 Å². The second-order valence-corrected chi connectivity index (χ2v) is 8.65. The molecule has 3 aliphatic rings. The van der Waals surface area contributed by atoms with E-state index in [2.05, 4.69) is 24.0 Å². The van der Waals surface area contributed by atoms with Crippen LogP contribution in [-0.4, -0.2) is 36.0 Å². The monoisotopic (exact) mass is 392 g/mol. The number of nitrogens with two attached hydrogens (primary N) is 1. The SMILES string of the molecule is Cc1ccc(OC2CCN(C(=O)C3CC4CCCC(C3)C4N)CC2)cc1.Cl. The third-order valence-corrected chi connectivity index (χ3v) is 6.84. The highest BCUT2D eigenvalue weighted by atomic mass is 35.5. The molecule has 4 nitrogen and oxygen atoms in total. The molecule has 5 heteroatoms. The van der Waals surface area contributed by atoms with Crippen LogP contribution < -0.4 is 10.5 Å². The van der Waals surface area contributed by atoms with Crippen LogP contribution in [0.2, 0.25) is 0 Å². The lowest BCUT2D eigenvalue weighted by Crippen LogP contribution is -2.51. The van der Waals surface area contributed by atoms with E-state index in [9.17, 15) is 4.79 Å². The van der Waals surface area contributed by atoms with Gasteiger partial charge in [0.2, 0.25) is 5.91 Å². The Hall–Kier alpha value is -1.26. The average molecular weight is 393 g/mol. The van der Waals surface area contributed by atoms with Crippen LogP contribution in [0.4, 0.5) is 0 Å². The largest absolute Gasteiger partial charge is 0.490 e. The highest BCUT2D eigenvalue weighted by molar-refractivity contribution is 5.85. The van der Waals surface area contributed by atoms with E-state index in [0.717, 1.165) is 44.5 Å². The van der Waals surface area contributed by atoms with E-state index in [1.165, 1.54) is 24.8 Å². The summed E-state index contributed by atoms with van der Waals surface area (Å²) in [7, 11) is 0. The van der Waals surface area contributed by atoms with Crippen LogP contribution in [0, 0.1) is 24.7 Å². The maximum absolute atomic E-state index is 13.0. The van der Waals surface area contributed by atoms with Gasteiger partial charge in [-0.15, -0.1) is 12.4 Å². The van der Waals surface area contributed by atoms with E-state index in [1.807, 2.05) is 12.1 Å². The molecule has 0 aromatic heterocycles. The quantitative estimate of drug-likeness (QED) is 0.847. The molecule has 27 heavy (non-hydrogen) atoms. The minimum atomic E-state index is 0. The van der Waals surface area contributed by atoms with Crippen LogP contribution in [-0.2, 0) is 4.79 Å². The smallest absolute Gasteiger partial charge is 0.225 e. The third-order valence-electron chi connectivity index (χ3n) is 6.84. The summed E-state index contributed by atoms with van der Waals surface area (Å²) in [6, 6.07) is 8.58. The van der Waals surface area contributed by atoms with Gasteiger partial charge in [0, 0.05) is 37.9 Å². The second-order valence-electron chi connectivity index (χ2n) is 8.65. The van der Waals surface area contributed by atoms with E-state index in [0.29, 0.717) is 23.8 Å². The van der Waals surface area contributed by atoms with Gasteiger partial charge in [0.15, 0.2) is 0 Å². The number of amides is 1. The number of carbonyl (C=O) groups excluding carboxylic acids is 1. The Bertz CT molecular complexity index is 614. The first-order chi connectivity index (χ1) is 12.6. The van der Waals surface area contributed by atoms with Crippen molar-refractivity contribution in [1.29, 1.82) is 0 Å². The number of rotatable bonds is 3. The summed E-state index contributed by atoms with van der Waals surface area (Å²) in [6.07, 6.45) is 7.83. The molecule has 0 spiro atoms. The molecule has 1 aromatic carbocycles. The van der Waals surface area contributed by atoms with Crippen molar-refractivity contribution >= 4 is 18.3 Å². The summed E-state index contributed by atoms with van der Waals surface area (Å²) in [5.74, 6) is 2.66. The van der Waals surface area contributed by atoms with Crippen molar-refractivity contribution in [2.45, 2.75) is 64.0 Å². The first kappa shape index (κ1) is 20.5. The molecule has 1 aromatic rings. The lowest BCUT2D eigenvalue weighted by Gasteiger charge is -2.45. The van der Waals surface area contributed by atoms with Gasteiger partial charge in [-0.05, 0) is 56.6 Å². The fourth-order valence-electron chi connectivity index (χ4n) is 5.25. The van der Waals surface area contributed by atoms with Gasteiger partial charge in [0.25, 0.3) is 0 Å². The van der Waals surface area contributed by atoms with Gasteiger partial charge in [-0.25, -0.2) is 0 Å². The standard InChI is InChI=1S/C22H32N2O2.ClH/c1-15-5-7-19(8-6-15)26-20-9-11-24(12-10-20)22(25)18-13-16-3-2-4-17(14-18)21(16)23;/h5-8,16-18,20-21H,2-4,9-14,23H2,1H3;1H. The molecule has 2 bridgehead atoms. The maximum atomic E-state index is 13.0. The highest BCUT2D eigenvalue weighted by Gasteiger charge is 2.42. The maximum Gasteiger partial charge on any atom is 0.225 e. The van der Waals surface area contributed by atoms with E-state index < -0.39 is 0 Å². The molecular weight excluding hydrogens is 360 g/mol. The van der Waals surface area contributed by atoms with Crippen LogP contribution in [0.3, 0.4) is 0 Å². The summed E-state index contributed by atoms with van der Waals surface area (Å²) in [5, 5.41) is 0. The van der Waals surface area contributed by atoms with Crippen molar-refractivity contribution in [3.05, 3.63) is 29.8 Å². The average Bonchev–Trinajstić information content (AvgIpc) is 2.63. The number of fused-ring (bicyclic) bond motifs is 2. The number of likely N-dealkylation sites (tertiary alicyclic amines) is 1. The Labute approximate surface area is 169 Å². The number of halogens is 1. The number of piperidine rings is 1. The van der Waals surface area contributed by atoms with Crippen molar-refractivity contribution in [2.24, 2.45) is 23.5 Å². The summed E-state index contributed by atoms with van der Waals surface area (Å²) in [4.78, 5) is 15.1. The van der Waals surface area contributed by atoms with Gasteiger partial charge in [-0.1, -0.05) is 24.1 Å². The summed E-state index contributed by atoms with van der Waals surface area (Å²) >= 11 is 0. The second kappa shape index (κ2) is 8.83. The van der Waals surface area contributed by atoms with Gasteiger partial charge < -0.3 is 15.4 Å². The van der Waals surface area contributed by atoms with E-state index in [4.69, 9.17) is 10.5 Å². The number of ether oxygens (including phenoxy) is 1. The van der Waals surface area contributed by atoms with Gasteiger partial charge in [0.05, 0.1) is 0 Å². The number of carbonyl (C=O) groups is 1. The molecule has 2 N–H and O–H groups in total. The minimum absolute atomic E-state index is 0. The van der Waals surface area contributed by atoms with E-state index >= 15 is 0 Å². The molecule has 1 saturated heterocycles. The first-order valence-electron chi connectivity index (χ1n) is 10.4. The molecule has 2 unspecified atom stereocenters. The molecule has 1 aliphatic heterocycles. The first-order valence-corrected chi connectivity index (χ1v) is 10.4. The Kier molecular flexibility index (Phi) is 6.69. The zero-order chi connectivity index (χ0) is 18.1. The van der Waals surface area contributed by atoms with Crippen LogP contribution >= 0.6 is 12.4 Å². The van der Waals surface area contributed by atoms with Crippen molar-refractivity contribution in [2.75, 3.05) is 13.1 Å². The van der Waals surface area contributed by atoms with Gasteiger partial charge in [-0.2, -0.15) is 0 Å². The predicted octanol–water partition coefficient (Wildman–Crippen LogP) is 3.94. The molecule has 2 atom stereocenters. The van der Waals surface area contributed by atoms with Crippen LogP contribution in [0.25, 0.3) is 0 Å². The molecule has 3 fully saturated rings. The Balaban J connectivity index is 0.00000210. The lowest BCUT2D eigenvalue weighted by molar-refractivity contribution is -0.140. The molecule has 1 amide bonds. The predicted molar refractivity (Wildman–Crippen MR) is 110 cm³/mol. The molecule has 150 valence electrons.